The molecule has 1 saturated heterocycles. The average Bonchev–Trinajstić information content (AvgIpc) is 2.86. The number of ether oxygens (including phenoxy) is 1. The van der Waals surface area contributed by atoms with Crippen molar-refractivity contribution in [3.8, 4) is 0 Å². The monoisotopic (exact) mass is 271 g/mol. The Labute approximate surface area is 118 Å². The summed E-state index contributed by atoms with van der Waals surface area (Å²) < 4.78 is 5.93. The van der Waals surface area contributed by atoms with Crippen LogP contribution >= 0.6 is 12.6 Å². The fourth-order valence-corrected chi connectivity index (χ4v) is 3.96. The summed E-state index contributed by atoms with van der Waals surface area (Å²) in [5.74, 6) is 1.06. The van der Waals surface area contributed by atoms with Crippen LogP contribution in [0.4, 0.5) is 0 Å². The minimum Gasteiger partial charge on any atom is -0.377 e. The van der Waals surface area contributed by atoms with Gasteiger partial charge in [-0.25, -0.2) is 0 Å². The average molecular weight is 271 g/mol. The molecule has 106 valence electrons. The summed E-state index contributed by atoms with van der Waals surface area (Å²) in [6.07, 6.45) is 9.76. The van der Waals surface area contributed by atoms with E-state index in [9.17, 15) is 0 Å². The lowest BCUT2D eigenvalue weighted by atomic mass is 9.87. The van der Waals surface area contributed by atoms with Gasteiger partial charge in [0, 0.05) is 19.7 Å². The maximum atomic E-state index is 5.93. The molecule has 0 aromatic heterocycles. The van der Waals surface area contributed by atoms with Crippen molar-refractivity contribution in [1.29, 1.82) is 0 Å². The summed E-state index contributed by atoms with van der Waals surface area (Å²) in [4.78, 5) is 2.64. The van der Waals surface area contributed by atoms with Crippen LogP contribution in [0.2, 0.25) is 0 Å². The molecule has 2 nitrogen and oxygen atoms in total. The van der Waals surface area contributed by atoms with E-state index in [1.54, 1.807) is 0 Å². The van der Waals surface area contributed by atoms with Gasteiger partial charge in [0.05, 0.1) is 6.10 Å². The first-order chi connectivity index (χ1) is 8.78. The Balaban J connectivity index is 1.81. The molecule has 0 N–H and O–H groups in total. The van der Waals surface area contributed by atoms with Crippen molar-refractivity contribution >= 4 is 12.6 Å². The smallest absolute Gasteiger partial charge is 0.0702 e. The first-order valence-corrected chi connectivity index (χ1v) is 8.36. The molecule has 3 heteroatoms. The molecule has 1 saturated carbocycles. The van der Waals surface area contributed by atoms with Gasteiger partial charge in [0.1, 0.15) is 0 Å². The molecule has 0 aromatic rings. The number of nitrogens with zero attached hydrogens (tertiary/aromatic N) is 1. The van der Waals surface area contributed by atoms with E-state index in [0.29, 0.717) is 11.5 Å². The number of likely N-dealkylation sites (tertiary alicyclic amines) is 1. The first-order valence-electron chi connectivity index (χ1n) is 7.73. The van der Waals surface area contributed by atoms with Crippen LogP contribution in [-0.2, 0) is 4.74 Å². The molecule has 1 aliphatic carbocycles. The topological polar surface area (TPSA) is 12.5 Å². The molecular weight excluding hydrogens is 242 g/mol. The summed E-state index contributed by atoms with van der Waals surface area (Å²) in [5, 5.41) is 0. The number of hydrogen-bond donors (Lipinski definition) is 1. The van der Waals surface area contributed by atoms with Crippen molar-refractivity contribution < 1.29 is 4.74 Å². The van der Waals surface area contributed by atoms with Crippen LogP contribution < -0.4 is 0 Å². The molecule has 0 aromatic carbocycles. The zero-order valence-electron chi connectivity index (χ0n) is 11.9. The predicted octanol–water partition coefficient (Wildman–Crippen LogP) is 3.37. The van der Waals surface area contributed by atoms with E-state index in [0.717, 1.165) is 25.3 Å². The van der Waals surface area contributed by atoms with Gasteiger partial charge in [-0.15, -0.1) is 0 Å². The van der Waals surface area contributed by atoms with Crippen molar-refractivity contribution in [2.75, 3.05) is 32.0 Å². The van der Waals surface area contributed by atoms with Gasteiger partial charge in [-0.05, 0) is 49.8 Å². The van der Waals surface area contributed by atoms with Crippen LogP contribution in [0.25, 0.3) is 0 Å². The lowest BCUT2D eigenvalue weighted by Crippen LogP contribution is -2.45. The fourth-order valence-electron chi connectivity index (χ4n) is 3.54. The number of rotatable bonds is 6. The van der Waals surface area contributed by atoms with Gasteiger partial charge in [0.15, 0.2) is 0 Å². The first kappa shape index (κ1) is 14.7. The van der Waals surface area contributed by atoms with Crippen LogP contribution in [-0.4, -0.2) is 43.0 Å². The molecule has 2 aliphatic rings. The van der Waals surface area contributed by atoms with E-state index in [1.165, 1.54) is 51.6 Å². The summed E-state index contributed by atoms with van der Waals surface area (Å²) in [7, 11) is 0. The Morgan fingerprint density at radius 2 is 2.06 bits per heavy atom. The summed E-state index contributed by atoms with van der Waals surface area (Å²) >= 11 is 4.62. The molecule has 1 unspecified atom stereocenters. The van der Waals surface area contributed by atoms with Crippen molar-refractivity contribution in [1.82, 2.24) is 4.90 Å². The second-order valence-electron chi connectivity index (χ2n) is 6.24. The highest BCUT2D eigenvalue weighted by Crippen LogP contribution is 2.40. The molecular formula is C15H29NOS. The van der Waals surface area contributed by atoms with Gasteiger partial charge < -0.3 is 9.64 Å². The molecule has 1 aliphatic heterocycles. The standard InChI is InChI=1S/C15H29NOS/c1-2-10-17-14-6-5-9-16(11-14)12-15(13-18)7-3-4-8-15/h14,18H,2-13H2,1H3. The summed E-state index contributed by atoms with van der Waals surface area (Å²) in [6, 6.07) is 0. The molecule has 0 amide bonds. The molecule has 18 heavy (non-hydrogen) atoms. The predicted molar refractivity (Wildman–Crippen MR) is 80.5 cm³/mol. The van der Waals surface area contributed by atoms with Gasteiger partial charge in [0.2, 0.25) is 0 Å². The normalized spacial score (nSPS) is 28.7. The van der Waals surface area contributed by atoms with Crippen LogP contribution in [0.5, 0.6) is 0 Å². The second-order valence-corrected chi connectivity index (χ2v) is 6.55. The van der Waals surface area contributed by atoms with E-state index >= 15 is 0 Å². The maximum absolute atomic E-state index is 5.93. The van der Waals surface area contributed by atoms with E-state index in [2.05, 4.69) is 24.5 Å². The fraction of sp³-hybridized carbons (Fsp3) is 1.00. The molecule has 2 rings (SSSR count). The summed E-state index contributed by atoms with van der Waals surface area (Å²) in [5.41, 5.74) is 0.510. The number of hydrogen-bond acceptors (Lipinski definition) is 3. The lowest BCUT2D eigenvalue weighted by molar-refractivity contribution is -0.00943. The summed E-state index contributed by atoms with van der Waals surface area (Å²) in [6.45, 7) is 6.78. The molecule has 2 fully saturated rings. The van der Waals surface area contributed by atoms with Crippen molar-refractivity contribution in [2.24, 2.45) is 5.41 Å². The highest BCUT2D eigenvalue weighted by molar-refractivity contribution is 7.80. The number of thiol groups is 1. The Bertz CT molecular complexity index is 241. The van der Waals surface area contributed by atoms with E-state index in [-0.39, 0.29) is 0 Å². The quantitative estimate of drug-likeness (QED) is 0.744. The zero-order valence-corrected chi connectivity index (χ0v) is 12.8. The second kappa shape index (κ2) is 7.16. The third kappa shape index (κ3) is 3.88. The third-order valence-electron chi connectivity index (χ3n) is 4.58. The highest BCUT2D eigenvalue weighted by atomic mass is 32.1. The van der Waals surface area contributed by atoms with Gasteiger partial charge in [-0.2, -0.15) is 12.6 Å². The van der Waals surface area contributed by atoms with Gasteiger partial charge in [-0.1, -0.05) is 19.8 Å². The van der Waals surface area contributed by atoms with E-state index < -0.39 is 0 Å². The minimum atomic E-state index is 0.483. The molecule has 0 spiro atoms. The van der Waals surface area contributed by atoms with Crippen molar-refractivity contribution in [3.63, 3.8) is 0 Å². The van der Waals surface area contributed by atoms with E-state index in [1.807, 2.05) is 0 Å². The van der Waals surface area contributed by atoms with Crippen LogP contribution in [0, 0.1) is 5.41 Å². The zero-order chi connectivity index (χ0) is 12.8. The van der Waals surface area contributed by atoms with Crippen molar-refractivity contribution in [3.05, 3.63) is 0 Å². The van der Waals surface area contributed by atoms with Gasteiger partial charge in [0.25, 0.3) is 0 Å². The van der Waals surface area contributed by atoms with Gasteiger partial charge in [-0.3, -0.25) is 0 Å². The Morgan fingerprint density at radius 1 is 1.28 bits per heavy atom. The number of piperidine rings is 1. The van der Waals surface area contributed by atoms with E-state index in [4.69, 9.17) is 4.74 Å². The molecule has 1 heterocycles. The Hall–Kier alpha value is 0.270. The molecule has 1 atom stereocenters. The van der Waals surface area contributed by atoms with Crippen LogP contribution in [0.15, 0.2) is 0 Å². The Morgan fingerprint density at radius 3 is 2.72 bits per heavy atom. The van der Waals surface area contributed by atoms with Gasteiger partial charge >= 0.3 is 0 Å². The lowest BCUT2D eigenvalue weighted by Gasteiger charge is -2.39. The van der Waals surface area contributed by atoms with Crippen LogP contribution in [0.1, 0.15) is 51.9 Å². The maximum Gasteiger partial charge on any atom is 0.0702 e. The van der Waals surface area contributed by atoms with Crippen LogP contribution in [0.3, 0.4) is 0 Å². The largest absolute Gasteiger partial charge is 0.377 e. The molecule has 0 bridgehead atoms. The highest BCUT2D eigenvalue weighted by Gasteiger charge is 2.35. The molecule has 0 radical (unpaired) electrons. The third-order valence-corrected chi connectivity index (χ3v) is 5.25. The minimum absolute atomic E-state index is 0.483. The SMILES string of the molecule is CCCOC1CCCN(CC2(CS)CCCC2)C1. The van der Waals surface area contributed by atoms with Crippen molar-refractivity contribution in [2.45, 2.75) is 58.0 Å². The Kier molecular flexibility index (Phi) is 5.84.